The molecule has 1 aliphatic rings. The van der Waals surface area contributed by atoms with Crippen LogP contribution in [0.15, 0.2) is 18.2 Å². The largest absolute Gasteiger partial charge is 0.370 e. The monoisotopic (exact) mass is 267 g/mol. The van der Waals surface area contributed by atoms with Gasteiger partial charge in [-0.1, -0.05) is 11.6 Å². The number of anilines is 1. The normalized spacial score (nSPS) is 19.6. The third-order valence-electron chi connectivity index (χ3n) is 3.47. The zero-order valence-corrected chi connectivity index (χ0v) is 11.4. The molecule has 0 spiro atoms. The molecule has 1 amide bonds. The van der Waals surface area contributed by atoms with E-state index in [0.717, 1.165) is 25.2 Å². The lowest BCUT2D eigenvalue weighted by Gasteiger charge is -2.22. The van der Waals surface area contributed by atoms with Crippen molar-refractivity contribution in [1.82, 2.24) is 4.90 Å². The first-order valence-corrected chi connectivity index (χ1v) is 6.37. The zero-order chi connectivity index (χ0) is 13.3. The summed E-state index contributed by atoms with van der Waals surface area (Å²) >= 11 is 5.95. The number of benzene rings is 1. The van der Waals surface area contributed by atoms with Crippen molar-refractivity contribution in [3.8, 4) is 0 Å². The van der Waals surface area contributed by atoms with Gasteiger partial charge in [-0.05, 0) is 38.7 Å². The number of primary amides is 1. The lowest BCUT2D eigenvalue weighted by Crippen LogP contribution is -2.31. The smallest absolute Gasteiger partial charge is 0.250 e. The molecule has 1 aliphatic heterocycles. The lowest BCUT2D eigenvalue weighted by molar-refractivity contribution is 0.100. The highest BCUT2D eigenvalue weighted by molar-refractivity contribution is 6.33. The lowest BCUT2D eigenvalue weighted by atomic mass is 10.2. The predicted octanol–water partition coefficient (Wildman–Crippen LogP) is 1.58. The number of rotatable bonds is 3. The fourth-order valence-electron chi connectivity index (χ4n) is 2.30. The van der Waals surface area contributed by atoms with Gasteiger partial charge in [-0.15, -0.1) is 0 Å². The van der Waals surface area contributed by atoms with Gasteiger partial charge >= 0.3 is 0 Å². The Hall–Kier alpha value is -1.26. The topological polar surface area (TPSA) is 49.6 Å². The highest BCUT2D eigenvalue weighted by Crippen LogP contribution is 2.26. The van der Waals surface area contributed by atoms with E-state index in [1.807, 2.05) is 6.07 Å². The minimum absolute atomic E-state index is 0.391. The summed E-state index contributed by atoms with van der Waals surface area (Å²) in [6, 6.07) is 6.01. The van der Waals surface area contributed by atoms with Crippen molar-refractivity contribution in [2.24, 2.45) is 5.73 Å². The molecule has 0 aromatic heterocycles. The van der Waals surface area contributed by atoms with Gasteiger partial charge in [-0.2, -0.15) is 0 Å². The molecule has 1 fully saturated rings. The molecule has 0 unspecified atom stereocenters. The van der Waals surface area contributed by atoms with Crippen molar-refractivity contribution < 1.29 is 4.79 Å². The minimum Gasteiger partial charge on any atom is -0.370 e. The van der Waals surface area contributed by atoms with Gasteiger partial charge in [0.1, 0.15) is 0 Å². The number of nitrogens with zero attached hydrogens (tertiary/aromatic N) is 2. The molecule has 4 nitrogen and oxygen atoms in total. The van der Waals surface area contributed by atoms with E-state index >= 15 is 0 Å². The van der Waals surface area contributed by atoms with E-state index in [9.17, 15) is 4.79 Å². The number of hydrogen-bond acceptors (Lipinski definition) is 3. The van der Waals surface area contributed by atoms with E-state index < -0.39 is 5.91 Å². The van der Waals surface area contributed by atoms with Crippen molar-refractivity contribution in [2.75, 3.05) is 32.1 Å². The summed E-state index contributed by atoms with van der Waals surface area (Å²) < 4.78 is 0. The number of carbonyl (C=O) groups excluding carboxylic acids is 1. The van der Waals surface area contributed by atoms with Gasteiger partial charge in [0, 0.05) is 24.8 Å². The van der Waals surface area contributed by atoms with E-state index in [2.05, 4.69) is 23.9 Å². The number of amides is 1. The molecule has 0 aliphatic carbocycles. The minimum atomic E-state index is -0.481. The van der Waals surface area contributed by atoms with E-state index in [1.165, 1.54) is 0 Å². The van der Waals surface area contributed by atoms with E-state index in [4.69, 9.17) is 17.3 Å². The molecule has 0 radical (unpaired) electrons. The van der Waals surface area contributed by atoms with Crippen LogP contribution in [0.1, 0.15) is 16.8 Å². The van der Waals surface area contributed by atoms with Crippen LogP contribution >= 0.6 is 11.6 Å². The Balaban J connectivity index is 2.20. The van der Waals surface area contributed by atoms with Crippen LogP contribution in [0.5, 0.6) is 0 Å². The zero-order valence-electron chi connectivity index (χ0n) is 10.7. The summed E-state index contributed by atoms with van der Waals surface area (Å²) in [5.41, 5.74) is 6.71. The van der Waals surface area contributed by atoms with Crippen molar-refractivity contribution >= 4 is 23.2 Å². The SMILES string of the molecule is CN(C)[C@H]1CCN(c2ccc(Cl)c(C(N)=O)c2)C1. The summed E-state index contributed by atoms with van der Waals surface area (Å²) in [5, 5.41) is 0.412. The molecular formula is C13H18ClN3O. The summed E-state index contributed by atoms with van der Waals surface area (Å²) in [5.74, 6) is -0.481. The summed E-state index contributed by atoms with van der Waals surface area (Å²) in [6.45, 7) is 1.95. The van der Waals surface area contributed by atoms with Gasteiger partial charge in [0.2, 0.25) is 5.91 Å². The number of likely N-dealkylation sites (N-methyl/N-ethyl adjacent to an activating group) is 1. The second-order valence-electron chi connectivity index (χ2n) is 4.88. The fourth-order valence-corrected chi connectivity index (χ4v) is 2.51. The van der Waals surface area contributed by atoms with E-state index in [-0.39, 0.29) is 0 Å². The average molecular weight is 268 g/mol. The third kappa shape index (κ3) is 2.60. The molecule has 0 saturated carbocycles. The van der Waals surface area contributed by atoms with Crippen molar-refractivity contribution in [3.05, 3.63) is 28.8 Å². The Morgan fingerprint density at radius 2 is 2.22 bits per heavy atom. The second-order valence-corrected chi connectivity index (χ2v) is 5.29. The van der Waals surface area contributed by atoms with Gasteiger partial charge in [-0.25, -0.2) is 0 Å². The summed E-state index contributed by atoms with van der Waals surface area (Å²) in [7, 11) is 4.18. The van der Waals surface area contributed by atoms with Crippen LogP contribution in [0.2, 0.25) is 5.02 Å². The van der Waals surface area contributed by atoms with Crippen LogP contribution < -0.4 is 10.6 Å². The number of carbonyl (C=O) groups is 1. The maximum absolute atomic E-state index is 11.3. The molecule has 1 heterocycles. The van der Waals surface area contributed by atoms with Crippen molar-refractivity contribution in [3.63, 3.8) is 0 Å². The van der Waals surface area contributed by atoms with Crippen LogP contribution in [-0.2, 0) is 0 Å². The Kier molecular flexibility index (Phi) is 3.78. The van der Waals surface area contributed by atoms with E-state index in [0.29, 0.717) is 16.6 Å². The van der Waals surface area contributed by atoms with Crippen LogP contribution in [0, 0.1) is 0 Å². The first kappa shape index (κ1) is 13.2. The van der Waals surface area contributed by atoms with Crippen LogP contribution in [-0.4, -0.2) is 44.0 Å². The Bertz CT molecular complexity index is 462. The third-order valence-corrected chi connectivity index (χ3v) is 3.80. The molecule has 0 bridgehead atoms. The van der Waals surface area contributed by atoms with Crippen molar-refractivity contribution in [1.29, 1.82) is 0 Å². The average Bonchev–Trinajstić information content (AvgIpc) is 2.78. The van der Waals surface area contributed by atoms with Gasteiger partial charge in [0.15, 0.2) is 0 Å². The first-order chi connectivity index (χ1) is 8.49. The van der Waals surface area contributed by atoms with Gasteiger partial charge in [0.05, 0.1) is 10.6 Å². The predicted molar refractivity (Wildman–Crippen MR) is 74.3 cm³/mol. The van der Waals surface area contributed by atoms with Crippen LogP contribution in [0.3, 0.4) is 0 Å². The van der Waals surface area contributed by atoms with E-state index in [1.54, 1.807) is 12.1 Å². The molecule has 1 atom stereocenters. The molecule has 1 aromatic rings. The molecule has 2 rings (SSSR count). The molecule has 1 saturated heterocycles. The summed E-state index contributed by atoms with van der Waals surface area (Å²) in [4.78, 5) is 15.8. The molecule has 1 aromatic carbocycles. The van der Waals surface area contributed by atoms with Gasteiger partial charge < -0.3 is 15.5 Å². The molecular weight excluding hydrogens is 250 g/mol. The summed E-state index contributed by atoms with van der Waals surface area (Å²) in [6.07, 6.45) is 1.13. The van der Waals surface area contributed by atoms with Crippen molar-refractivity contribution in [2.45, 2.75) is 12.5 Å². The number of nitrogens with two attached hydrogens (primary N) is 1. The van der Waals surface area contributed by atoms with Gasteiger partial charge in [0.25, 0.3) is 0 Å². The number of halogens is 1. The van der Waals surface area contributed by atoms with Crippen LogP contribution in [0.4, 0.5) is 5.69 Å². The highest BCUT2D eigenvalue weighted by atomic mass is 35.5. The molecule has 98 valence electrons. The first-order valence-electron chi connectivity index (χ1n) is 6.00. The quantitative estimate of drug-likeness (QED) is 0.905. The Morgan fingerprint density at radius 1 is 1.50 bits per heavy atom. The molecule has 2 N–H and O–H groups in total. The molecule has 5 heteroatoms. The fraction of sp³-hybridized carbons (Fsp3) is 0.462. The maximum Gasteiger partial charge on any atom is 0.250 e. The van der Waals surface area contributed by atoms with Gasteiger partial charge in [-0.3, -0.25) is 4.79 Å². The Labute approximate surface area is 112 Å². The second kappa shape index (κ2) is 5.16. The highest BCUT2D eigenvalue weighted by Gasteiger charge is 2.24. The standard InChI is InChI=1S/C13H18ClN3O/c1-16(2)10-5-6-17(8-10)9-3-4-12(14)11(7-9)13(15)18/h3-4,7,10H,5-6,8H2,1-2H3,(H2,15,18)/t10-/m0/s1. The van der Waals surface area contributed by atoms with Crippen LogP contribution in [0.25, 0.3) is 0 Å². The Morgan fingerprint density at radius 3 is 2.78 bits per heavy atom. The number of hydrogen-bond donors (Lipinski definition) is 1. The maximum atomic E-state index is 11.3. The molecule has 18 heavy (non-hydrogen) atoms.